The highest BCUT2D eigenvalue weighted by molar-refractivity contribution is 5.94. The second-order valence-corrected chi connectivity index (χ2v) is 7.17. The molecule has 0 spiro atoms. The minimum atomic E-state index is -0.0121. The van der Waals surface area contributed by atoms with Crippen molar-refractivity contribution in [1.82, 2.24) is 5.32 Å². The average molecular weight is 366 g/mol. The Hall–Kier alpha value is -2.53. The number of anilines is 1. The van der Waals surface area contributed by atoms with E-state index in [9.17, 15) is 4.79 Å². The molecule has 2 aliphatic rings. The zero-order chi connectivity index (χ0) is 18.5. The fraction of sp³-hybridized carbons (Fsp3) is 0.409. The van der Waals surface area contributed by atoms with Crippen molar-refractivity contribution in [3.05, 3.63) is 59.7 Å². The van der Waals surface area contributed by atoms with Gasteiger partial charge < -0.3 is 19.7 Å². The molecule has 0 radical (unpaired) electrons. The molecular weight excluding hydrogens is 340 g/mol. The van der Waals surface area contributed by atoms with Crippen LogP contribution in [0.2, 0.25) is 0 Å². The van der Waals surface area contributed by atoms with Crippen LogP contribution in [0.1, 0.15) is 22.3 Å². The molecule has 1 N–H and O–H groups in total. The maximum absolute atomic E-state index is 12.5. The molecule has 1 amide bonds. The van der Waals surface area contributed by atoms with Crippen LogP contribution in [0.5, 0.6) is 5.75 Å². The molecule has 1 saturated heterocycles. The summed E-state index contributed by atoms with van der Waals surface area (Å²) in [6.45, 7) is 4.69. The number of rotatable bonds is 4. The van der Waals surface area contributed by atoms with E-state index in [1.54, 1.807) is 0 Å². The highest BCUT2D eigenvalue weighted by Gasteiger charge is 2.18. The number of para-hydroxylation sites is 1. The van der Waals surface area contributed by atoms with Crippen molar-refractivity contribution in [2.24, 2.45) is 5.92 Å². The van der Waals surface area contributed by atoms with E-state index in [0.29, 0.717) is 24.6 Å². The van der Waals surface area contributed by atoms with Gasteiger partial charge in [-0.1, -0.05) is 18.2 Å². The van der Waals surface area contributed by atoms with Crippen LogP contribution in [0.3, 0.4) is 0 Å². The molecule has 27 heavy (non-hydrogen) atoms. The summed E-state index contributed by atoms with van der Waals surface area (Å²) in [6, 6.07) is 16.0. The lowest BCUT2D eigenvalue weighted by atomic mass is 9.97. The summed E-state index contributed by atoms with van der Waals surface area (Å²) in [7, 11) is 0. The maximum atomic E-state index is 12.5. The van der Waals surface area contributed by atoms with Crippen molar-refractivity contribution >= 4 is 11.6 Å². The van der Waals surface area contributed by atoms with E-state index in [0.717, 1.165) is 50.6 Å². The summed E-state index contributed by atoms with van der Waals surface area (Å²) in [6.07, 6.45) is 1.89. The zero-order valence-corrected chi connectivity index (χ0v) is 15.5. The van der Waals surface area contributed by atoms with Crippen molar-refractivity contribution in [2.75, 3.05) is 44.4 Å². The Bertz CT molecular complexity index is 769. The molecule has 0 saturated carbocycles. The first kappa shape index (κ1) is 17.9. The number of carbonyl (C=O) groups excluding carboxylic acids is 1. The molecule has 0 bridgehead atoms. The van der Waals surface area contributed by atoms with Gasteiger partial charge in [0.05, 0.1) is 19.8 Å². The third-order valence-corrected chi connectivity index (χ3v) is 5.32. The predicted molar refractivity (Wildman–Crippen MR) is 106 cm³/mol. The molecule has 5 heteroatoms. The quantitative estimate of drug-likeness (QED) is 0.904. The second-order valence-electron chi connectivity index (χ2n) is 7.17. The van der Waals surface area contributed by atoms with Gasteiger partial charge in [-0.3, -0.25) is 4.79 Å². The fourth-order valence-electron chi connectivity index (χ4n) is 3.72. The van der Waals surface area contributed by atoms with Gasteiger partial charge in [-0.25, -0.2) is 0 Å². The highest BCUT2D eigenvalue weighted by atomic mass is 16.5. The van der Waals surface area contributed by atoms with E-state index in [1.165, 1.54) is 5.56 Å². The molecule has 5 nitrogen and oxygen atoms in total. The third-order valence-electron chi connectivity index (χ3n) is 5.32. The largest absolute Gasteiger partial charge is 0.493 e. The van der Waals surface area contributed by atoms with Crippen molar-refractivity contribution in [3.63, 3.8) is 0 Å². The van der Waals surface area contributed by atoms with Gasteiger partial charge in [0.2, 0.25) is 0 Å². The lowest BCUT2D eigenvalue weighted by Crippen LogP contribution is -2.36. The minimum Gasteiger partial charge on any atom is -0.493 e. The molecule has 2 aromatic carbocycles. The lowest BCUT2D eigenvalue weighted by Gasteiger charge is -2.28. The van der Waals surface area contributed by atoms with Crippen molar-refractivity contribution in [1.29, 1.82) is 0 Å². The van der Waals surface area contributed by atoms with Crippen molar-refractivity contribution in [3.8, 4) is 5.75 Å². The van der Waals surface area contributed by atoms with Gasteiger partial charge >= 0.3 is 0 Å². The van der Waals surface area contributed by atoms with Gasteiger partial charge in [0.25, 0.3) is 5.91 Å². The van der Waals surface area contributed by atoms with Gasteiger partial charge in [0.15, 0.2) is 0 Å². The molecule has 2 aliphatic heterocycles. The molecule has 1 fully saturated rings. The van der Waals surface area contributed by atoms with Crippen LogP contribution >= 0.6 is 0 Å². The van der Waals surface area contributed by atoms with E-state index in [1.807, 2.05) is 42.5 Å². The number of ether oxygens (including phenoxy) is 2. The number of fused-ring (bicyclic) bond motifs is 1. The van der Waals surface area contributed by atoms with Crippen LogP contribution < -0.4 is 15.0 Å². The van der Waals surface area contributed by atoms with Crippen molar-refractivity contribution in [2.45, 2.75) is 12.8 Å². The second kappa shape index (κ2) is 8.44. The summed E-state index contributed by atoms with van der Waals surface area (Å²) >= 11 is 0. The number of hydrogen-bond donors (Lipinski definition) is 1. The topological polar surface area (TPSA) is 50.8 Å². The molecule has 4 rings (SSSR count). The summed E-state index contributed by atoms with van der Waals surface area (Å²) in [5.74, 6) is 1.36. The number of carbonyl (C=O) groups is 1. The van der Waals surface area contributed by atoms with Crippen LogP contribution in [0, 0.1) is 5.92 Å². The molecular formula is C22H26N2O3. The Morgan fingerprint density at radius 1 is 1.04 bits per heavy atom. The van der Waals surface area contributed by atoms with Gasteiger partial charge in [-0.2, -0.15) is 0 Å². The average Bonchev–Trinajstić information content (AvgIpc) is 2.95. The van der Waals surface area contributed by atoms with Gasteiger partial charge in [0, 0.05) is 30.9 Å². The first-order chi connectivity index (χ1) is 13.3. The number of hydrogen-bond acceptors (Lipinski definition) is 4. The fourth-order valence-corrected chi connectivity index (χ4v) is 3.72. The Morgan fingerprint density at radius 3 is 2.63 bits per heavy atom. The van der Waals surface area contributed by atoms with E-state index >= 15 is 0 Å². The van der Waals surface area contributed by atoms with E-state index in [-0.39, 0.29) is 5.91 Å². The number of morpholine rings is 1. The highest BCUT2D eigenvalue weighted by Crippen LogP contribution is 2.26. The summed E-state index contributed by atoms with van der Waals surface area (Å²) in [4.78, 5) is 14.8. The van der Waals surface area contributed by atoms with E-state index < -0.39 is 0 Å². The summed E-state index contributed by atoms with van der Waals surface area (Å²) < 4.78 is 11.2. The van der Waals surface area contributed by atoms with Gasteiger partial charge in [0.1, 0.15) is 5.75 Å². The standard InChI is InChI=1S/C22H26N2O3/c25-22(18-5-7-20(8-6-18)24-10-13-26-14-11-24)23-16-17-9-12-27-21-4-2-1-3-19(21)15-17/h1-8,17H,9-16H2,(H,23,25). The van der Waals surface area contributed by atoms with Gasteiger partial charge in [-0.05, 0) is 54.7 Å². The van der Waals surface area contributed by atoms with Crippen molar-refractivity contribution < 1.29 is 14.3 Å². The Morgan fingerprint density at radius 2 is 1.81 bits per heavy atom. The molecule has 0 aromatic heterocycles. The SMILES string of the molecule is O=C(NCC1CCOc2ccccc2C1)c1ccc(N2CCOCC2)cc1. The Labute approximate surface area is 160 Å². The molecule has 1 unspecified atom stereocenters. The van der Waals surface area contributed by atoms with E-state index in [2.05, 4.69) is 16.3 Å². The Kier molecular flexibility index (Phi) is 5.58. The van der Waals surface area contributed by atoms with Crippen LogP contribution in [-0.2, 0) is 11.2 Å². The van der Waals surface area contributed by atoms with Crippen LogP contribution in [-0.4, -0.2) is 45.4 Å². The molecule has 2 aromatic rings. The Balaban J connectivity index is 1.32. The summed E-state index contributed by atoms with van der Waals surface area (Å²) in [5, 5.41) is 3.10. The first-order valence-electron chi connectivity index (χ1n) is 9.71. The zero-order valence-electron chi connectivity index (χ0n) is 15.5. The molecule has 0 aliphatic carbocycles. The van der Waals surface area contributed by atoms with Crippen LogP contribution in [0.15, 0.2) is 48.5 Å². The summed E-state index contributed by atoms with van der Waals surface area (Å²) in [5.41, 5.74) is 3.08. The monoisotopic (exact) mass is 366 g/mol. The smallest absolute Gasteiger partial charge is 0.251 e. The number of nitrogens with zero attached hydrogens (tertiary/aromatic N) is 1. The maximum Gasteiger partial charge on any atom is 0.251 e. The van der Waals surface area contributed by atoms with Gasteiger partial charge in [-0.15, -0.1) is 0 Å². The first-order valence-corrected chi connectivity index (χ1v) is 9.71. The molecule has 1 atom stereocenters. The van der Waals surface area contributed by atoms with Crippen LogP contribution in [0.25, 0.3) is 0 Å². The number of nitrogens with one attached hydrogen (secondary N) is 1. The minimum absolute atomic E-state index is 0.0121. The van der Waals surface area contributed by atoms with Crippen LogP contribution in [0.4, 0.5) is 5.69 Å². The lowest BCUT2D eigenvalue weighted by molar-refractivity contribution is 0.0945. The number of amides is 1. The third kappa shape index (κ3) is 4.42. The number of benzene rings is 2. The molecule has 142 valence electrons. The normalized spacial score (nSPS) is 19.6. The molecule has 2 heterocycles. The predicted octanol–water partition coefficient (Wildman–Crippen LogP) is 2.89. The van der Waals surface area contributed by atoms with E-state index in [4.69, 9.17) is 9.47 Å².